The van der Waals surface area contributed by atoms with Crippen LogP contribution in [0.1, 0.15) is 24.2 Å². The fourth-order valence-corrected chi connectivity index (χ4v) is 1.42. The van der Waals surface area contributed by atoms with Gasteiger partial charge in [0, 0.05) is 12.7 Å². The lowest BCUT2D eigenvalue weighted by Gasteiger charge is -2.13. The number of aromatic nitrogens is 1. The van der Waals surface area contributed by atoms with Crippen LogP contribution in [0.5, 0.6) is 0 Å². The molecule has 0 aliphatic heterocycles. The van der Waals surface area contributed by atoms with E-state index in [-0.39, 0.29) is 11.8 Å². The predicted molar refractivity (Wildman–Crippen MR) is 67.5 cm³/mol. The second-order valence-electron chi connectivity index (χ2n) is 3.46. The lowest BCUT2D eigenvalue weighted by Crippen LogP contribution is -2.44. The van der Waals surface area contributed by atoms with Gasteiger partial charge in [0.1, 0.15) is 10.6 Å². The zero-order valence-corrected chi connectivity index (χ0v) is 11.2. The molecule has 6 heteroatoms. The van der Waals surface area contributed by atoms with Crippen molar-refractivity contribution in [2.24, 2.45) is 0 Å². The second kappa shape index (κ2) is 6.34. The Morgan fingerprint density at radius 2 is 2.18 bits per heavy atom. The van der Waals surface area contributed by atoms with Gasteiger partial charge < -0.3 is 10.6 Å². The minimum Gasteiger partial charge on any atom is -0.355 e. The van der Waals surface area contributed by atoms with E-state index in [1.165, 1.54) is 6.20 Å². The first-order chi connectivity index (χ1) is 8.04. The van der Waals surface area contributed by atoms with Gasteiger partial charge in [-0.3, -0.25) is 9.59 Å². The molecule has 1 aromatic rings. The van der Waals surface area contributed by atoms with Crippen molar-refractivity contribution in [3.05, 3.63) is 28.5 Å². The van der Waals surface area contributed by atoms with Gasteiger partial charge in [0.05, 0.1) is 5.56 Å². The molecule has 0 aliphatic carbocycles. The van der Waals surface area contributed by atoms with Crippen LogP contribution in [0.4, 0.5) is 0 Å². The van der Waals surface area contributed by atoms with Crippen molar-refractivity contribution in [1.29, 1.82) is 0 Å². The zero-order chi connectivity index (χ0) is 12.8. The molecule has 0 aromatic carbocycles. The standard InChI is InChI=1S/C11H14BrN3O2/c1-3-13-10(16)7(2)15-11(17)8-4-5-9(12)14-6-8/h4-7H,3H2,1-2H3,(H,13,16)(H,15,17). The molecule has 0 fully saturated rings. The summed E-state index contributed by atoms with van der Waals surface area (Å²) in [6.07, 6.45) is 1.45. The SMILES string of the molecule is CCNC(=O)C(C)NC(=O)c1ccc(Br)nc1. The minimum absolute atomic E-state index is 0.203. The van der Waals surface area contributed by atoms with Gasteiger partial charge in [-0.05, 0) is 41.9 Å². The number of nitrogens with zero attached hydrogens (tertiary/aromatic N) is 1. The third kappa shape index (κ3) is 4.14. The topological polar surface area (TPSA) is 71.1 Å². The quantitative estimate of drug-likeness (QED) is 0.818. The Morgan fingerprint density at radius 3 is 2.71 bits per heavy atom. The van der Waals surface area contributed by atoms with E-state index in [1.807, 2.05) is 6.92 Å². The minimum atomic E-state index is -0.564. The molecule has 0 spiro atoms. The average molecular weight is 300 g/mol. The van der Waals surface area contributed by atoms with Gasteiger partial charge in [-0.25, -0.2) is 4.98 Å². The van der Waals surface area contributed by atoms with Crippen LogP contribution in [-0.2, 0) is 4.79 Å². The number of amides is 2. The van der Waals surface area contributed by atoms with Crippen LogP contribution in [0.2, 0.25) is 0 Å². The fraction of sp³-hybridized carbons (Fsp3) is 0.364. The van der Waals surface area contributed by atoms with Gasteiger partial charge in [0.25, 0.3) is 5.91 Å². The van der Waals surface area contributed by atoms with Gasteiger partial charge in [-0.15, -0.1) is 0 Å². The Balaban J connectivity index is 2.60. The highest BCUT2D eigenvalue weighted by Crippen LogP contribution is 2.06. The lowest BCUT2D eigenvalue weighted by molar-refractivity contribution is -0.122. The number of pyridine rings is 1. The van der Waals surface area contributed by atoms with E-state index in [2.05, 4.69) is 31.5 Å². The van der Waals surface area contributed by atoms with Crippen LogP contribution < -0.4 is 10.6 Å². The van der Waals surface area contributed by atoms with Crippen molar-refractivity contribution in [1.82, 2.24) is 15.6 Å². The third-order valence-corrected chi connectivity index (χ3v) is 2.55. The summed E-state index contributed by atoms with van der Waals surface area (Å²) >= 11 is 3.18. The third-order valence-electron chi connectivity index (χ3n) is 2.08. The largest absolute Gasteiger partial charge is 0.355 e. The number of nitrogens with one attached hydrogen (secondary N) is 2. The van der Waals surface area contributed by atoms with E-state index in [0.29, 0.717) is 16.7 Å². The Hall–Kier alpha value is -1.43. The summed E-state index contributed by atoms with van der Waals surface area (Å²) in [4.78, 5) is 27.1. The van der Waals surface area contributed by atoms with Crippen molar-refractivity contribution >= 4 is 27.7 Å². The Labute approximate surface area is 108 Å². The Kier molecular flexibility index (Phi) is 5.09. The van der Waals surface area contributed by atoms with Crippen LogP contribution in [-0.4, -0.2) is 29.4 Å². The summed E-state index contributed by atoms with van der Waals surface area (Å²) in [5, 5.41) is 5.23. The summed E-state index contributed by atoms with van der Waals surface area (Å²) in [7, 11) is 0. The molecule has 92 valence electrons. The maximum absolute atomic E-state index is 11.7. The molecule has 1 unspecified atom stereocenters. The first-order valence-corrected chi connectivity index (χ1v) is 6.04. The first-order valence-electron chi connectivity index (χ1n) is 5.24. The van der Waals surface area contributed by atoms with Crippen LogP contribution in [0.15, 0.2) is 22.9 Å². The summed E-state index contributed by atoms with van der Waals surface area (Å²) in [6, 6.07) is 2.74. The van der Waals surface area contributed by atoms with Gasteiger partial charge in [-0.1, -0.05) is 0 Å². The maximum Gasteiger partial charge on any atom is 0.253 e. The highest BCUT2D eigenvalue weighted by Gasteiger charge is 2.15. The molecule has 1 rings (SSSR count). The molecule has 1 atom stereocenters. The van der Waals surface area contributed by atoms with Crippen molar-refractivity contribution in [2.75, 3.05) is 6.54 Å². The summed E-state index contributed by atoms with van der Waals surface area (Å²) < 4.78 is 0.658. The predicted octanol–water partition coefficient (Wildman–Crippen LogP) is 1.10. The molecule has 2 N–H and O–H groups in total. The maximum atomic E-state index is 11.7. The second-order valence-corrected chi connectivity index (χ2v) is 4.27. The fourth-order valence-electron chi connectivity index (χ4n) is 1.18. The van der Waals surface area contributed by atoms with E-state index >= 15 is 0 Å². The molecule has 1 aromatic heterocycles. The number of hydrogen-bond donors (Lipinski definition) is 2. The van der Waals surface area contributed by atoms with Crippen LogP contribution in [0.3, 0.4) is 0 Å². The van der Waals surface area contributed by atoms with Crippen LogP contribution in [0, 0.1) is 0 Å². The molecule has 0 aliphatic rings. The molecule has 17 heavy (non-hydrogen) atoms. The molecular formula is C11H14BrN3O2. The molecule has 2 amide bonds. The number of hydrogen-bond acceptors (Lipinski definition) is 3. The van der Waals surface area contributed by atoms with Crippen molar-refractivity contribution in [3.8, 4) is 0 Å². The van der Waals surface area contributed by atoms with E-state index in [4.69, 9.17) is 0 Å². The highest BCUT2D eigenvalue weighted by molar-refractivity contribution is 9.10. The molecule has 0 radical (unpaired) electrons. The summed E-state index contributed by atoms with van der Waals surface area (Å²) in [5.74, 6) is -0.519. The smallest absolute Gasteiger partial charge is 0.253 e. The number of halogens is 1. The molecule has 0 saturated carbocycles. The first kappa shape index (κ1) is 13.6. The number of carbonyl (C=O) groups is 2. The number of rotatable bonds is 4. The highest BCUT2D eigenvalue weighted by atomic mass is 79.9. The zero-order valence-electron chi connectivity index (χ0n) is 9.66. The molecule has 1 heterocycles. The lowest BCUT2D eigenvalue weighted by atomic mass is 10.2. The molecule has 5 nitrogen and oxygen atoms in total. The molecule has 0 bridgehead atoms. The Bertz CT molecular complexity index is 406. The van der Waals surface area contributed by atoms with Gasteiger partial charge in [0.15, 0.2) is 0 Å². The van der Waals surface area contributed by atoms with Gasteiger partial charge >= 0.3 is 0 Å². The monoisotopic (exact) mass is 299 g/mol. The van der Waals surface area contributed by atoms with Crippen molar-refractivity contribution < 1.29 is 9.59 Å². The van der Waals surface area contributed by atoms with E-state index in [9.17, 15) is 9.59 Å². The normalized spacial score (nSPS) is 11.7. The van der Waals surface area contributed by atoms with Crippen molar-refractivity contribution in [2.45, 2.75) is 19.9 Å². The van der Waals surface area contributed by atoms with E-state index in [0.717, 1.165) is 0 Å². The average Bonchev–Trinajstić information content (AvgIpc) is 2.30. The van der Waals surface area contributed by atoms with Crippen LogP contribution in [0.25, 0.3) is 0 Å². The molecule has 0 saturated heterocycles. The van der Waals surface area contributed by atoms with Gasteiger partial charge in [0.2, 0.25) is 5.91 Å². The number of carbonyl (C=O) groups excluding carboxylic acids is 2. The van der Waals surface area contributed by atoms with Gasteiger partial charge in [-0.2, -0.15) is 0 Å². The summed E-state index contributed by atoms with van der Waals surface area (Å²) in [5.41, 5.74) is 0.421. The Morgan fingerprint density at radius 1 is 1.47 bits per heavy atom. The van der Waals surface area contributed by atoms with Crippen molar-refractivity contribution in [3.63, 3.8) is 0 Å². The van der Waals surface area contributed by atoms with E-state index < -0.39 is 6.04 Å². The summed E-state index contributed by atoms with van der Waals surface area (Å²) in [6.45, 7) is 4.00. The molecular weight excluding hydrogens is 286 g/mol. The van der Waals surface area contributed by atoms with Crippen LogP contribution >= 0.6 is 15.9 Å². The number of likely N-dealkylation sites (N-methyl/N-ethyl adjacent to an activating group) is 1. The van der Waals surface area contributed by atoms with E-state index in [1.54, 1.807) is 19.1 Å².